The maximum absolute atomic E-state index is 6.76. The molecule has 32 heavy (non-hydrogen) atoms. The highest BCUT2D eigenvalue weighted by Gasteiger charge is 2.32. The Morgan fingerprint density at radius 2 is 1.97 bits per heavy atom. The SMILES string of the molecule is CC(Cc1ncnc2nc[nH]c12)c1cc(Cl)c2cccnc2c1N1CCN(C2CC2)CC1. The van der Waals surface area contributed by atoms with E-state index < -0.39 is 0 Å². The summed E-state index contributed by atoms with van der Waals surface area (Å²) >= 11 is 6.76. The van der Waals surface area contributed by atoms with Gasteiger partial charge in [-0.05, 0) is 48.9 Å². The molecule has 1 N–H and O–H groups in total. The fraction of sp³-hybridized carbons (Fsp3) is 0.417. The molecular formula is C24H26ClN7. The second-order valence-corrected chi connectivity index (χ2v) is 9.38. The predicted octanol–water partition coefficient (Wildman–Crippen LogP) is 4.19. The number of pyridine rings is 1. The highest BCUT2D eigenvalue weighted by Crippen LogP contribution is 2.40. The summed E-state index contributed by atoms with van der Waals surface area (Å²) < 4.78 is 0. The van der Waals surface area contributed by atoms with Crippen molar-refractivity contribution in [3.05, 3.63) is 53.3 Å². The average molecular weight is 448 g/mol. The van der Waals surface area contributed by atoms with E-state index in [-0.39, 0.29) is 5.92 Å². The van der Waals surface area contributed by atoms with Crippen LogP contribution in [0.4, 0.5) is 5.69 Å². The summed E-state index contributed by atoms with van der Waals surface area (Å²) in [6.07, 6.45) is 8.62. The van der Waals surface area contributed by atoms with E-state index in [4.69, 9.17) is 16.6 Å². The van der Waals surface area contributed by atoms with Gasteiger partial charge >= 0.3 is 0 Å². The summed E-state index contributed by atoms with van der Waals surface area (Å²) in [5, 5.41) is 1.77. The van der Waals surface area contributed by atoms with E-state index in [9.17, 15) is 0 Å². The molecule has 0 amide bonds. The van der Waals surface area contributed by atoms with Gasteiger partial charge in [-0.2, -0.15) is 0 Å². The number of aromatic amines is 1. The van der Waals surface area contributed by atoms with Crippen molar-refractivity contribution in [3.63, 3.8) is 0 Å². The van der Waals surface area contributed by atoms with E-state index in [2.05, 4.69) is 48.8 Å². The number of imidazole rings is 1. The number of halogens is 1. The van der Waals surface area contributed by atoms with Crippen LogP contribution in [0.5, 0.6) is 0 Å². The van der Waals surface area contributed by atoms with Gasteiger partial charge in [-0.15, -0.1) is 0 Å². The smallest absolute Gasteiger partial charge is 0.180 e. The maximum Gasteiger partial charge on any atom is 0.180 e. The van der Waals surface area contributed by atoms with Crippen LogP contribution >= 0.6 is 11.6 Å². The van der Waals surface area contributed by atoms with Crippen molar-refractivity contribution in [2.24, 2.45) is 0 Å². The van der Waals surface area contributed by atoms with Crippen LogP contribution in [0, 0.1) is 0 Å². The molecule has 4 aromatic rings. The van der Waals surface area contributed by atoms with E-state index in [0.717, 1.165) is 65.8 Å². The zero-order valence-corrected chi connectivity index (χ0v) is 18.9. The minimum absolute atomic E-state index is 0.205. The third-order valence-corrected chi connectivity index (χ3v) is 7.18. The molecule has 164 valence electrons. The molecule has 2 aliphatic rings. The number of anilines is 1. The molecule has 1 unspecified atom stereocenters. The fourth-order valence-corrected chi connectivity index (χ4v) is 5.30. The minimum atomic E-state index is 0.205. The summed E-state index contributed by atoms with van der Waals surface area (Å²) in [6, 6.07) is 6.98. The molecular weight excluding hydrogens is 422 g/mol. The Labute approximate surface area is 191 Å². The molecule has 1 aromatic carbocycles. The number of fused-ring (bicyclic) bond motifs is 2. The van der Waals surface area contributed by atoms with Crippen LogP contribution in [0.3, 0.4) is 0 Å². The number of rotatable bonds is 5. The second kappa shape index (κ2) is 7.98. The predicted molar refractivity (Wildman–Crippen MR) is 127 cm³/mol. The van der Waals surface area contributed by atoms with Crippen LogP contribution in [0.1, 0.15) is 36.9 Å². The minimum Gasteiger partial charge on any atom is -0.367 e. The Morgan fingerprint density at radius 1 is 1.12 bits per heavy atom. The first-order valence-electron chi connectivity index (χ1n) is 11.4. The molecule has 7 nitrogen and oxygen atoms in total. The molecule has 3 aromatic heterocycles. The number of nitrogens with one attached hydrogen (secondary N) is 1. The van der Waals surface area contributed by atoms with Gasteiger partial charge in [0.1, 0.15) is 11.8 Å². The van der Waals surface area contributed by atoms with Gasteiger partial charge in [0.15, 0.2) is 5.65 Å². The van der Waals surface area contributed by atoms with Gasteiger partial charge in [0.05, 0.1) is 28.2 Å². The van der Waals surface area contributed by atoms with Crippen molar-refractivity contribution in [3.8, 4) is 0 Å². The first-order valence-corrected chi connectivity index (χ1v) is 11.8. The summed E-state index contributed by atoms with van der Waals surface area (Å²) in [6.45, 7) is 6.49. The quantitative estimate of drug-likeness (QED) is 0.494. The fourth-order valence-electron chi connectivity index (χ4n) is 5.03. The van der Waals surface area contributed by atoms with Crippen molar-refractivity contribution in [1.82, 2.24) is 29.8 Å². The van der Waals surface area contributed by atoms with E-state index >= 15 is 0 Å². The zero-order chi connectivity index (χ0) is 21.7. The van der Waals surface area contributed by atoms with Crippen molar-refractivity contribution < 1.29 is 0 Å². The lowest BCUT2D eigenvalue weighted by Gasteiger charge is -2.38. The Bertz CT molecular complexity index is 1270. The number of aromatic nitrogens is 5. The first-order chi connectivity index (χ1) is 15.7. The third-order valence-electron chi connectivity index (χ3n) is 6.87. The van der Waals surface area contributed by atoms with Gasteiger partial charge in [0.2, 0.25) is 0 Å². The summed E-state index contributed by atoms with van der Waals surface area (Å²) in [4.78, 5) is 26.2. The summed E-state index contributed by atoms with van der Waals surface area (Å²) in [5.74, 6) is 0.205. The number of hydrogen-bond donors (Lipinski definition) is 1. The molecule has 1 saturated carbocycles. The van der Waals surface area contributed by atoms with Crippen molar-refractivity contribution in [1.29, 1.82) is 0 Å². The zero-order valence-electron chi connectivity index (χ0n) is 18.1. The molecule has 1 atom stereocenters. The van der Waals surface area contributed by atoms with Crippen molar-refractivity contribution in [2.45, 2.75) is 38.1 Å². The van der Waals surface area contributed by atoms with Crippen LogP contribution in [0.25, 0.3) is 22.1 Å². The van der Waals surface area contributed by atoms with E-state index in [1.807, 2.05) is 12.3 Å². The van der Waals surface area contributed by atoms with Gasteiger partial charge in [0.25, 0.3) is 0 Å². The Hall–Kier alpha value is -2.77. The lowest BCUT2D eigenvalue weighted by molar-refractivity contribution is 0.248. The Kier molecular flexibility index (Phi) is 4.96. The molecule has 0 bridgehead atoms. The van der Waals surface area contributed by atoms with Crippen molar-refractivity contribution in [2.75, 3.05) is 31.1 Å². The van der Waals surface area contributed by atoms with Gasteiger partial charge in [-0.25, -0.2) is 15.0 Å². The highest BCUT2D eigenvalue weighted by molar-refractivity contribution is 6.36. The monoisotopic (exact) mass is 447 g/mol. The molecule has 1 saturated heterocycles. The standard InChI is InChI=1S/C24H26ClN7/c1-15(11-20-22-24(29-13-27-20)30-14-28-22)18-12-19(25)17-3-2-6-26-21(17)23(18)32-9-7-31(8-10-32)16-4-5-16/h2-3,6,12-16H,4-5,7-11H2,1H3,(H,27,28,29,30). The van der Waals surface area contributed by atoms with Crippen LogP contribution in [0.15, 0.2) is 37.1 Å². The normalized spacial score (nSPS) is 18.5. The first kappa shape index (κ1) is 19.9. The number of piperazine rings is 1. The van der Waals surface area contributed by atoms with Gasteiger partial charge in [-0.3, -0.25) is 9.88 Å². The molecule has 6 rings (SSSR count). The van der Waals surface area contributed by atoms with Crippen molar-refractivity contribution >= 4 is 39.4 Å². The average Bonchev–Trinajstić information content (AvgIpc) is 3.56. The van der Waals surface area contributed by atoms with E-state index in [0.29, 0.717) is 5.65 Å². The lowest BCUT2D eigenvalue weighted by Crippen LogP contribution is -2.47. The van der Waals surface area contributed by atoms with Gasteiger partial charge in [-0.1, -0.05) is 18.5 Å². The number of benzene rings is 1. The molecule has 1 aliphatic heterocycles. The topological polar surface area (TPSA) is 73.8 Å². The summed E-state index contributed by atoms with van der Waals surface area (Å²) in [7, 11) is 0. The highest BCUT2D eigenvalue weighted by atomic mass is 35.5. The number of hydrogen-bond acceptors (Lipinski definition) is 6. The van der Waals surface area contributed by atoms with Crippen LogP contribution in [-0.4, -0.2) is 62.0 Å². The molecule has 8 heteroatoms. The third kappa shape index (κ3) is 3.49. The molecule has 0 radical (unpaired) electrons. The molecule has 4 heterocycles. The lowest BCUT2D eigenvalue weighted by atomic mass is 9.92. The Morgan fingerprint density at radius 3 is 2.78 bits per heavy atom. The number of nitrogens with zero attached hydrogens (tertiary/aromatic N) is 6. The second-order valence-electron chi connectivity index (χ2n) is 8.98. The van der Waals surface area contributed by atoms with Crippen LogP contribution in [-0.2, 0) is 6.42 Å². The van der Waals surface area contributed by atoms with Gasteiger partial charge in [0, 0.05) is 43.8 Å². The van der Waals surface area contributed by atoms with Gasteiger partial charge < -0.3 is 9.88 Å². The largest absolute Gasteiger partial charge is 0.367 e. The molecule has 2 fully saturated rings. The summed E-state index contributed by atoms with van der Waals surface area (Å²) in [5.41, 5.74) is 6.04. The molecule has 0 spiro atoms. The van der Waals surface area contributed by atoms with E-state index in [1.165, 1.54) is 24.1 Å². The Balaban J connectivity index is 1.40. The van der Waals surface area contributed by atoms with E-state index in [1.54, 1.807) is 12.7 Å². The van der Waals surface area contributed by atoms with Crippen LogP contribution < -0.4 is 4.90 Å². The number of H-pyrrole nitrogens is 1. The molecule has 1 aliphatic carbocycles. The van der Waals surface area contributed by atoms with Crippen LogP contribution in [0.2, 0.25) is 5.02 Å². The maximum atomic E-state index is 6.76.